The molecule has 18 heavy (non-hydrogen) atoms. The van der Waals surface area contributed by atoms with Crippen LogP contribution in [0.1, 0.15) is 18.9 Å². The molecule has 0 fully saturated rings. The topological polar surface area (TPSA) is 64.3 Å². The lowest BCUT2D eigenvalue weighted by molar-refractivity contribution is -0.117. The van der Waals surface area contributed by atoms with E-state index in [2.05, 4.69) is 5.32 Å². The van der Waals surface area contributed by atoms with Gasteiger partial charge in [-0.25, -0.2) is 4.39 Å². The van der Waals surface area contributed by atoms with Gasteiger partial charge in [-0.1, -0.05) is 6.92 Å². The number of methoxy groups -OCH3 is 1. The molecule has 0 aromatic heterocycles. The van der Waals surface area contributed by atoms with E-state index in [1.165, 1.54) is 12.1 Å². The molecular weight excluding hydrogens is 235 g/mol. The average molecular weight is 254 g/mol. The minimum Gasteiger partial charge on any atom is -0.384 e. The van der Waals surface area contributed by atoms with E-state index in [0.717, 1.165) is 0 Å². The van der Waals surface area contributed by atoms with Crippen molar-refractivity contribution in [3.63, 3.8) is 0 Å². The van der Waals surface area contributed by atoms with Crippen LogP contribution in [0.3, 0.4) is 0 Å². The zero-order valence-corrected chi connectivity index (χ0v) is 10.7. The minimum absolute atomic E-state index is 0.107. The van der Waals surface area contributed by atoms with Crippen molar-refractivity contribution in [3.8, 4) is 0 Å². The minimum atomic E-state index is -0.358. The summed E-state index contributed by atoms with van der Waals surface area (Å²) in [7, 11) is 1.60. The Morgan fingerprint density at radius 3 is 2.89 bits per heavy atom. The lowest BCUT2D eigenvalue weighted by Crippen LogP contribution is -2.17. The summed E-state index contributed by atoms with van der Waals surface area (Å²) in [5.74, 6) is -0.332. The first-order valence-corrected chi connectivity index (χ1v) is 5.84. The van der Waals surface area contributed by atoms with E-state index in [4.69, 9.17) is 10.5 Å². The normalized spacial score (nSPS) is 12.2. The number of amides is 1. The second kappa shape index (κ2) is 7.08. The van der Waals surface area contributed by atoms with Crippen molar-refractivity contribution in [3.05, 3.63) is 29.6 Å². The van der Waals surface area contributed by atoms with Gasteiger partial charge in [0.1, 0.15) is 5.82 Å². The van der Waals surface area contributed by atoms with Gasteiger partial charge in [-0.05, 0) is 24.1 Å². The first kappa shape index (κ1) is 14.6. The maximum Gasteiger partial charge on any atom is 0.224 e. The van der Waals surface area contributed by atoms with Gasteiger partial charge in [0.15, 0.2) is 0 Å². The summed E-state index contributed by atoms with van der Waals surface area (Å²) >= 11 is 0. The van der Waals surface area contributed by atoms with Crippen molar-refractivity contribution >= 4 is 11.6 Å². The Hall–Kier alpha value is -1.46. The fourth-order valence-corrected chi connectivity index (χ4v) is 1.68. The van der Waals surface area contributed by atoms with Crippen LogP contribution in [0.2, 0.25) is 0 Å². The highest BCUT2D eigenvalue weighted by atomic mass is 19.1. The van der Waals surface area contributed by atoms with Crippen LogP contribution in [0, 0.1) is 11.7 Å². The standard InChI is InChI=1S/C13H19FN2O2/c1-9(8-18-2)5-13(17)16-11-3-4-12(14)10(6-11)7-15/h3-4,6,9H,5,7-8,15H2,1-2H3,(H,16,17). The van der Waals surface area contributed by atoms with Crippen LogP contribution in [0.5, 0.6) is 0 Å². The smallest absolute Gasteiger partial charge is 0.224 e. The fourth-order valence-electron chi connectivity index (χ4n) is 1.68. The number of nitrogens with one attached hydrogen (secondary N) is 1. The molecule has 3 N–H and O–H groups in total. The molecule has 0 aliphatic heterocycles. The Morgan fingerprint density at radius 1 is 1.56 bits per heavy atom. The van der Waals surface area contributed by atoms with Crippen LogP contribution in [0.4, 0.5) is 10.1 Å². The zero-order chi connectivity index (χ0) is 13.5. The fraction of sp³-hybridized carbons (Fsp3) is 0.462. The molecule has 0 aliphatic rings. The second-order valence-electron chi connectivity index (χ2n) is 4.32. The number of carbonyl (C=O) groups excluding carboxylic acids is 1. The van der Waals surface area contributed by atoms with E-state index in [0.29, 0.717) is 24.3 Å². The Bertz CT molecular complexity index is 410. The van der Waals surface area contributed by atoms with Crippen LogP contribution < -0.4 is 11.1 Å². The molecule has 0 aliphatic carbocycles. The summed E-state index contributed by atoms with van der Waals surface area (Å²) in [5, 5.41) is 2.72. The summed E-state index contributed by atoms with van der Waals surface area (Å²) in [6.07, 6.45) is 0.364. The third-order valence-corrected chi connectivity index (χ3v) is 2.53. The van der Waals surface area contributed by atoms with E-state index in [1.54, 1.807) is 13.2 Å². The first-order chi connectivity index (χ1) is 8.56. The summed E-state index contributed by atoms with van der Waals surface area (Å²) in [5.41, 5.74) is 6.35. The predicted octanol–water partition coefficient (Wildman–Crippen LogP) is 1.90. The highest BCUT2D eigenvalue weighted by Gasteiger charge is 2.10. The number of ether oxygens (including phenoxy) is 1. The molecule has 0 spiro atoms. The van der Waals surface area contributed by atoms with Gasteiger partial charge in [-0.15, -0.1) is 0 Å². The van der Waals surface area contributed by atoms with Crippen LogP contribution >= 0.6 is 0 Å². The molecule has 1 aromatic rings. The number of carbonyl (C=O) groups is 1. The molecule has 1 amide bonds. The molecule has 0 radical (unpaired) electrons. The SMILES string of the molecule is COCC(C)CC(=O)Nc1ccc(F)c(CN)c1. The van der Waals surface area contributed by atoms with E-state index >= 15 is 0 Å². The van der Waals surface area contributed by atoms with Crippen molar-refractivity contribution in [1.29, 1.82) is 0 Å². The number of rotatable bonds is 6. The Balaban J connectivity index is 2.59. The number of hydrogen-bond donors (Lipinski definition) is 2. The van der Waals surface area contributed by atoms with E-state index in [1.807, 2.05) is 6.92 Å². The number of halogens is 1. The molecule has 0 saturated heterocycles. The molecule has 0 saturated carbocycles. The molecule has 0 heterocycles. The molecule has 5 heteroatoms. The van der Waals surface area contributed by atoms with E-state index < -0.39 is 0 Å². The maximum atomic E-state index is 13.2. The molecule has 4 nitrogen and oxygen atoms in total. The van der Waals surface area contributed by atoms with Gasteiger partial charge >= 0.3 is 0 Å². The van der Waals surface area contributed by atoms with Gasteiger partial charge in [-0.3, -0.25) is 4.79 Å². The molecule has 1 aromatic carbocycles. The molecule has 1 rings (SSSR count). The average Bonchev–Trinajstić information content (AvgIpc) is 2.31. The number of benzene rings is 1. The van der Waals surface area contributed by atoms with E-state index in [9.17, 15) is 9.18 Å². The molecular formula is C13H19FN2O2. The first-order valence-electron chi connectivity index (χ1n) is 5.84. The largest absolute Gasteiger partial charge is 0.384 e. The van der Waals surface area contributed by atoms with Crippen molar-refractivity contribution in [2.75, 3.05) is 19.0 Å². The van der Waals surface area contributed by atoms with Crippen molar-refractivity contribution in [2.45, 2.75) is 19.9 Å². The summed E-state index contributed by atoms with van der Waals surface area (Å²) in [6.45, 7) is 2.57. The van der Waals surface area contributed by atoms with Crippen molar-refractivity contribution < 1.29 is 13.9 Å². The van der Waals surface area contributed by atoms with Crippen LogP contribution in [0.25, 0.3) is 0 Å². The zero-order valence-electron chi connectivity index (χ0n) is 10.7. The Labute approximate surface area is 106 Å². The molecule has 0 bridgehead atoms. The van der Waals surface area contributed by atoms with Gasteiger partial charge in [0.25, 0.3) is 0 Å². The molecule has 1 atom stereocenters. The number of anilines is 1. The van der Waals surface area contributed by atoms with Gasteiger partial charge < -0.3 is 15.8 Å². The predicted molar refractivity (Wildman–Crippen MR) is 68.6 cm³/mol. The number of hydrogen-bond acceptors (Lipinski definition) is 3. The number of nitrogens with two attached hydrogens (primary N) is 1. The summed E-state index contributed by atoms with van der Waals surface area (Å²) in [6, 6.07) is 4.37. The second-order valence-corrected chi connectivity index (χ2v) is 4.32. The van der Waals surface area contributed by atoms with E-state index in [-0.39, 0.29) is 24.2 Å². The highest BCUT2D eigenvalue weighted by molar-refractivity contribution is 5.90. The third-order valence-electron chi connectivity index (χ3n) is 2.53. The molecule has 100 valence electrons. The third kappa shape index (κ3) is 4.43. The Morgan fingerprint density at radius 2 is 2.28 bits per heavy atom. The monoisotopic (exact) mass is 254 g/mol. The Kier molecular flexibility index (Phi) is 5.74. The van der Waals surface area contributed by atoms with Gasteiger partial charge in [0, 0.05) is 37.9 Å². The lowest BCUT2D eigenvalue weighted by atomic mass is 10.1. The summed E-state index contributed by atoms with van der Waals surface area (Å²) in [4.78, 5) is 11.7. The van der Waals surface area contributed by atoms with Gasteiger partial charge in [0.05, 0.1) is 0 Å². The van der Waals surface area contributed by atoms with Crippen LogP contribution in [0.15, 0.2) is 18.2 Å². The van der Waals surface area contributed by atoms with Crippen LogP contribution in [-0.4, -0.2) is 19.6 Å². The quantitative estimate of drug-likeness (QED) is 0.815. The lowest BCUT2D eigenvalue weighted by Gasteiger charge is -2.11. The molecule has 1 unspecified atom stereocenters. The highest BCUT2D eigenvalue weighted by Crippen LogP contribution is 2.15. The van der Waals surface area contributed by atoms with Crippen molar-refractivity contribution in [2.24, 2.45) is 11.7 Å². The van der Waals surface area contributed by atoms with Crippen molar-refractivity contribution in [1.82, 2.24) is 0 Å². The van der Waals surface area contributed by atoms with Gasteiger partial charge in [0.2, 0.25) is 5.91 Å². The summed E-state index contributed by atoms with van der Waals surface area (Å²) < 4.78 is 18.2. The van der Waals surface area contributed by atoms with Gasteiger partial charge in [-0.2, -0.15) is 0 Å². The maximum absolute atomic E-state index is 13.2. The van der Waals surface area contributed by atoms with Crippen LogP contribution in [-0.2, 0) is 16.1 Å².